The molecule has 0 radical (unpaired) electrons. The number of piperidine rings is 1. The Morgan fingerprint density at radius 2 is 1.83 bits per heavy atom. The molecule has 5 nitrogen and oxygen atoms in total. The van der Waals surface area contributed by atoms with E-state index in [2.05, 4.69) is 34.1 Å². The normalized spacial score (nSPS) is 23.8. The van der Waals surface area contributed by atoms with Gasteiger partial charge in [-0.05, 0) is 37.3 Å². The molecule has 0 aliphatic carbocycles. The van der Waals surface area contributed by atoms with Crippen LogP contribution < -0.4 is 5.69 Å². The zero-order valence-corrected chi connectivity index (χ0v) is 17.4. The number of hydrogen-bond acceptors (Lipinski definition) is 3. The molecule has 2 aliphatic rings. The quantitative estimate of drug-likeness (QED) is 0.657. The number of halogens is 2. The molecular formula is C23H25ClFN3O2. The first kappa shape index (κ1) is 19.8. The third-order valence-corrected chi connectivity index (χ3v) is 6.86. The Bertz CT molecular complexity index is 1090. The van der Waals surface area contributed by atoms with Crippen molar-refractivity contribution in [2.45, 2.75) is 43.9 Å². The topological polar surface area (TPSA) is 50.3 Å². The van der Waals surface area contributed by atoms with Gasteiger partial charge >= 0.3 is 5.69 Å². The molecule has 2 atom stereocenters. The van der Waals surface area contributed by atoms with Crippen molar-refractivity contribution in [2.24, 2.45) is 0 Å². The number of benzene rings is 2. The number of nitrogens with one attached hydrogen (secondary N) is 1. The van der Waals surface area contributed by atoms with Crippen molar-refractivity contribution >= 4 is 22.6 Å². The molecule has 0 amide bonds. The maximum absolute atomic E-state index is 13.8. The van der Waals surface area contributed by atoms with E-state index in [-0.39, 0.29) is 22.9 Å². The second-order valence-electron chi connectivity index (χ2n) is 8.30. The van der Waals surface area contributed by atoms with Gasteiger partial charge in [-0.15, -0.1) is 0 Å². The minimum absolute atomic E-state index is 0.0434. The van der Waals surface area contributed by atoms with Gasteiger partial charge in [0, 0.05) is 37.8 Å². The molecule has 2 aromatic carbocycles. The Morgan fingerprint density at radius 3 is 2.60 bits per heavy atom. The van der Waals surface area contributed by atoms with Crippen LogP contribution in [-0.2, 0) is 4.74 Å². The largest absolute Gasteiger partial charge is 0.373 e. The van der Waals surface area contributed by atoms with Gasteiger partial charge in [-0.1, -0.05) is 41.9 Å². The SMILES string of the molecule is O=c1[nH]c2cc(F)c(Cl)cc2n1C1CCN(C2CCOC(c3ccccc3)C2)CC1. The number of nitrogens with zero attached hydrogens (tertiary/aromatic N) is 2. The molecule has 2 fully saturated rings. The van der Waals surface area contributed by atoms with Crippen LogP contribution in [0.3, 0.4) is 0 Å². The van der Waals surface area contributed by atoms with Gasteiger partial charge < -0.3 is 14.6 Å². The summed E-state index contributed by atoms with van der Waals surface area (Å²) in [5.41, 5.74) is 2.23. The monoisotopic (exact) mass is 429 g/mol. The fourth-order valence-corrected chi connectivity index (χ4v) is 5.16. The standard InChI is InChI=1S/C23H25ClFN3O2/c24-18-13-21-20(14-19(18)25)26-23(29)28(21)16-6-9-27(10-7-16)17-8-11-30-22(12-17)15-4-2-1-3-5-15/h1-5,13-14,16-17,22H,6-12H2,(H,26,29). The highest BCUT2D eigenvalue weighted by molar-refractivity contribution is 6.31. The number of ether oxygens (including phenoxy) is 1. The summed E-state index contributed by atoms with van der Waals surface area (Å²) < 4.78 is 21.6. The molecule has 0 bridgehead atoms. The first-order valence-corrected chi connectivity index (χ1v) is 11.0. The Kier molecular flexibility index (Phi) is 5.39. The van der Waals surface area contributed by atoms with Gasteiger partial charge in [0.25, 0.3) is 0 Å². The average Bonchev–Trinajstić information content (AvgIpc) is 3.09. The van der Waals surface area contributed by atoms with E-state index in [9.17, 15) is 9.18 Å². The van der Waals surface area contributed by atoms with Gasteiger partial charge in [-0.3, -0.25) is 4.57 Å². The lowest BCUT2D eigenvalue weighted by Gasteiger charge is -2.41. The highest BCUT2D eigenvalue weighted by Gasteiger charge is 2.32. The molecule has 3 heterocycles. The minimum atomic E-state index is -0.514. The number of aromatic amines is 1. The zero-order chi connectivity index (χ0) is 20.7. The van der Waals surface area contributed by atoms with Crippen molar-refractivity contribution in [3.8, 4) is 0 Å². The van der Waals surface area contributed by atoms with E-state index in [1.54, 1.807) is 10.6 Å². The van der Waals surface area contributed by atoms with E-state index in [4.69, 9.17) is 16.3 Å². The highest BCUT2D eigenvalue weighted by Crippen LogP contribution is 2.34. The van der Waals surface area contributed by atoms with E-state index in [0.717, 1.165) is 45.4 Å². The smallest absolute Gasteiger partial charge is 0.326 e. The summed E-state index contributed by atoms with van der Waals surface area (Å²) in [6, 6.07) is 13.9. The molecule has 0 spiro atoms. The number of fused-ring (bicyclic) bond motifs is 1. The van der Waals surface area contributed by atoms with Crippen LogP contribution >= 0.6 is 11.6 Å². The van der Waals surface area contributed by atoms with Crippen LogP contribution in [0.25, 0.3) is 11.0 Å². The lowest BCUT2D eigenvalue weighted by Crippen LogP contribution is -2.45. The average molecular weight is 430 g/mol. The number of rotatable bonds is 3. The van der Waals surface area contributed by atoms with Crippen LogP contribution in [0.4, 0.5) is 4.39 Å². The third-order valence-electron chi connectivity index (χ3n) is 6.57. The van der Waals surface area contributed by atoms with E-state index >= 15 is 0 Å². The fourth-order valence-electron chi connectivity index (χ4n) is 5.00. The first-order chi connectivity index (χ1) is 14.6. The molecule has 1 aromatic heterocycles. The van der Waals surface area contributed by atoms with Gasteiger partial charge in [0.15, 0.2) is 0 Å². The summed E-state index contributed by atoms with van der Waals surface area (Å²) in [7, 11) is 0. The van der Waals surface area contributed by atoms with Gasteiger partial charge in [-0.2, -0.15) is 0 Å². The molecule has 158 valence electrons. The molecule has 2 aliphatic heterocycles. The molecular weight excluding hydrogens is 405 g/mol. The van der Waals surface area contributed by atoms with Crippen LogP contribution in [0, 0.1) is 5.82 Å². The predicted molar refractivity (Wildman–Crippen MR) is 116 cm³/mol. The number of likely N-dealkylation sites (tertiary alicyclic amines) is 1. The lowest BCUT2D eigenvalue weighted by molar-refractivity contribution is -0.0346. The summed E-state index contributed by atoms with van der Waals surface area (Å²) in [6.45, 7) is 2.64. The Balaban J connectivity index is 1.29. The number of hydrogen-bond donors (Lipinski definition) is 1. The molecule has 30 heavy (non-hydrogen) atoms. The van der Waals surface area contributed by atoms with Crippen molar-refractivity contribution in [3.63, 3.8) is 0 Å². The molecule has 1 N–H and O–H groups in total. The van der Waals surface area contributed by atoms with Gasteiger partial charge in [0.05, 0.1) is 22.2 Å². The Hall–Kier alpha value is -2.15. The van der Waals surface area contributed by atoms with Crippen molar-refractivity contribution in [2.75, 3.05) is 19.7 Å². The summed E-state index contributed by atoms with van der Waals surface area (Å²) >= 11 is 5.97. The van der Waals surface area contributed by atoms with Crippen LogP contribution in [0.1, 0.15) is 43.4 Å². The van der Waals surface area contributed by atoms with Gasteiger partial charge in [-0.25, -0.2) is 9.18 Å². The van der Waals surface area contributed by atoms with Gasteiger partial charge in [0.1, 0.15) is 5.82 Å². The summed E-state index contributed by atoms with van der Waals surface area (Å²) in [5, 5.41) is 0.0434. The molecule has 7 heteroatoms. The fraction of sp³-hybridized carbons (Fsp3) is 0.435. The van der Waals surface area contributed by atoms with Gasteiger partial charge in [0.2, 0.25) is 0 Å². The number of H-pyrrole nitrogens is 1. The molecule has 5 rings (SSSR count). The Labute approximate surface area is 179 Å². The van der Waals surface area contributed by atoms with E-state index < -0.39 is 5.82 Å². The lowest BCUT2D eigenvalue weighted by atomic mass is 9.94. The third kappa shape index (κ3) is 3.68. The summed E-state index contributed by atoms with van der Waals surface area (Å²) in [6.07, 6.45) is 3.95. The van der Waals surface area contributed by atoms with E-state index in [1.807, 2.05) is 6.07 Å². The maximum atomic E-state index is 13.8. The zero-order valence-electron chi connectivity index (χ0n) is 16.7. The number of aromatic nitrogens is 2. The first-order valence-electron chi connectivity index (χ1n) is 10.6. The summed E-state index contributed by atoms with van der Waals surface area (Å²) in [4.78, 5) is 17.9. The molecule has 2 unspecified atom stereocenters. The second kappa shape index (κ2) is 8.17. The van der Waals surface area contributed by atoms with E-state index in [1.165, 1.54) is 11.6 Å². The predicted octanol–water partition coefficient (Wildman–Crippen LogP) is 4.68. The van der Waals surface area contributed by atoms with Crippen LogP contribution in [-0.4, -0.2) is 40.2 Å². The van der Waals surface area contributed by atoms with Crippen molar-refractivity contribution in [1.82, 2.24) is 14.5 Å². The Morgan fingerprint density at radius 1 is 1.07 bits per heavy atom. The molecule has 0 saturated carbocycles. The minimum Gasteiger partial charge on any atom is -0.373 e. The van der Waals surface area contributed by atoms with Crippen LogP contribution in [0.5, 0.6) is 0 Å². The number of imidazole rings is 1. The van der Waals surface area contributed by atoms with Crippen LogP contribution in [0.2, 0.25) is 5.02 Å². The van der Waals surface area contributed by atoms with Crippen molar-refractivity contribution in [1.29, 1.82) is 0 Å². The second-order valence-corrected chi connectivity index (χ2v) is 8.71. The van der Waals surface area contributed by atoms with E-state index in [0.29, 0.717) is 17.1 Å². The maximum Gasteiger partial charge on any atom is 0.326 e. The molecule has 2 saturated heterocycles. The molecule has 3 aromatic rings. The summed E-state index contributed by atoms with van der Waals surface area (Å²) in [5.74, 6) is -0.514. The van der Waals surface area contributed by atoms with Crippen molar-refractivity contribution < 1.29 is 9.13 Å². The highest BCUT2D eigenvalue weighted by atomic mass is 35.5. The van der Waals surface area contributed by atoms with Crippen molar-refractivity contribution in [3.05, 3.63) is 69.4 Å². The van der Waals surface area contributed by atoms with Crippen LogP contribution in [0.15, 0.2) is 47.3 Å².